The highest BCUT2D eigenvalue weighted by Gasteiger charge is 2.46. The lowest BCUT2D eigenvalue weighted by Crippen LogP contribution is -2.50. The topological polar surface area (TPSA) is 49.4 Å². The number of carbonyl (C=O) groups is 2. The van der Waals surface area contributed by atoms with Crippen LogP contribution in [0.25, 0.3) is 0 Å². The quantitative estimate of drug-likeness (QED) is 0.670. The lowest BCUT2D eigenvalue weighted by Gasteiger charge is -2.33. The van der Waals surface area contributed by atoms with E-state index in [2.05, 4.69) is 5.32 Å². The monoisotopic (exact) mass is 438 g/mol. The summed E-state index contributed by atoms with van der Waals surface area (Å²) in [5, 5.41) is 4.60. The van der Waals surface area contributed by atoms with Crippen molar-refractivity contribution in [3.63, 3.8) is 0 Å². The molecule has 1 unspecified atom stereocenters. The summed E-state index contributed by atoms with van der Waals surface area (Å²) >= 11 is 1.18. The summed E-state index contributed by atoms with van der Waals surface area (Å²) in [6, 6.07) is 10.9. The second-order valence-electron chi connectivity index (χ2n) is 7.49. The molecule has 2 aromatic rings. The Morgan fingerprint density at radius 2 is 1.77 bits per heavy atom. The number of alkyl halides is 3. The number of thiophene rings is 1. The standard InChI is InChI=1S/C22H25F3N2O2S/c23-22(24,25)21(29)27(14-13-16-8-3-1-4-9-16)19(18-12-7-15-30-18)20(28)26-17-10-5-2-6-11-17/h1,3-4,7-9,12,15,17,19H,2,5-6,10-11,13-14H2,(H,26,28). The van der Waals surface area contributed by atoms with Crippen LogP contribution in [0.3, 0.4) is 0 Å². The maximum Gasteiger partial charge on any atom is 0.471 e. The molecule has 1 aliphatic rings. The van der Waals surface area contributed by atoms with E-state index in [1.165, 1.54) is 11.3 Å². The van der Waals surface area contributed by atoms with Crippen LogP contribution < -0.4 is 5.32 Å². The van der Waals surface area contributed by atoms with Gasteiger partial charge in [0.15, 0.2) is 0 Å². The highest BCUT2D eigenvalue weighted by Crippen LogP contribution is 2.31. The molecule has 4 nitrogen and oxygen atoms in total. The SMILES string of the molecule is O=C(NC1CCCCC1)C(c1cccs1)N(CCc1ccccc1)C(=O)C(F)(F)F. The molecule has 0 saturated heterocycles. The second-order valence-corrected chi connectivity index (χ2v) is 8.47. The highest BCUT2D eigenvalue weighted by atomic mass is 32.1. The van der Waals surface area contributed by atoms with Crippen molar-refractivity contribution in [3.8, 4) is 0 Å². The van der Waals surface area contributed by atoms with Crippen LogP contribution in [0, 0.1) is 0 Å². The summed E-state index contributed by atoms with van der Waals surface area (Å²) in [7, 11) is 0. The summed E-state index contributed by atoms with van der Waals surface area (Å²) in [5.74, 6) is -2.54. The number of rotatable bonds is 7. The molecule has 1 N–H and O–H groups in total. The van der Waals surface area contributed by atoms with Crippen LogP contribution >= 0.6 is 11.3 Å². The van der Waals surface area contributed by atoms with Crippen molar-refractivity contribution in [1.82, 2.24) is 10.2 Å². The van der Waals surface area contributed by atoms with Gasteiger partial charge in [0.1, 0.15) is 6.04 Å². The van der Waals surface area contributed by atoms with Crippen LogP contribution in [0.15, 0.2) is 47.8 Å². The Labute approximate surface area is 178 Å². The van der Waals surface area contributed by atoms with Gasteiger partial charge in [0.25, 0.3) is 0 Å². The van der Waals surface area contributed by atoms with Gasteiger partial charge in [-0.25, -0.2) is 0 Å². The third-order valence-electron chi connectivity index (χ3n) is 5.31. The molecule has 1 aromatic heterocycles. The highest BCUT2D eigenvalue weighted by molar-refractivity contribution is 7.10. The van der Waals surface area contributed by atoms with Gasteiger partial charge in [-0.15, -0.1) is 11.3 Å². The smallest absolute Gasteiger partial charge is 0.351 e. The number of hydrogen-bond donors (Lipinski definition) is 1. The van der Waals surface area contributed by atoms with E-state index >= 15 is 0 Å². The number of benzene rings is 1. The number of hydrogen-bond acceptors (Lipinski definition) is 3. The van der Waals surface area contributed by atoms with E-state index in [4.69, 9.17) is 0 Å². The lowest BCUT2D eigenvalue weighted by atomic mass is 9.95. The molecule has 1 fully saturated rings. The molecule has 2 amide bonds. The zero-order valence-electron chi connectivity index (χ0n) is 16.5. The molecule has 0 bridgehead atoms. The van der Waals surface area contributed by atoms with Gasteiger partial charge in [0, 0.05) is 17.5 Å². The van der Waals surface area contributed by atoms with Gasteiger partial charge < -0.3 is 10.2 Å². The third kappa shape index (κ3) is 5.84. The van der Waals surface area contributed by atoms with Gasteiger partial charge in [0.05, 0.1) is 0 Å². The summed E-state index contributed by atoms with van der Waals surface area (Å²) < 4.78 is 40.3. The first-order valence-electron chi connectivity index (χ1n) is 10.1. The third-order valence-corrected chi connectivity index (χ3v) is 6.24. The minimum atomic E-state index is -5.06. The van der Waals surface area contributed by atoms with Gasteiger partial charge >= 0.3 is 12.1 Å². The predicted octanol–water partition coefficient (Wildman–Crippen LogP) is 4.87. The Morgan fingerprint density at radius 1 is 1.07 bits per heavy atom. The average Bonchev–Trinajstić information content (AvgIpc) is 3.25. The van der Waals surface area contributed by atoms with Crippen molar-refractivity contribution in [1.29, 1.82) is 0 Å². The fraction of sp³-hybridized carbons (Fsp3) is 0.455. The van der Waals surface area contributed by atoms with E-state index in [1.807, 2.05) is 6.07 Å². The minimum absolute atomic E-state index is 0.0642. The van der Waals surface area contributed by atoms with Gasteiger partial charge in [-0.2, -0.15) is 13.2 Å². The minimum Gasteiger partial charge on any atom is -0.351 e. The van der Waals surface area contributed by atoms with E-state index in [0.717, 1.165) is 37.7 Å². The average molecular weight is 439 g/mol. The maximum atomic E-state index is 13.4. The molecular weight excluding hydrogens is 413 g/mol. The van der Waals surface area contributed by atoms with Gasteiger partial charge in [-0.3, -0.25) is 9.59 Å². The molecule has 8 heteroatoms. The Morgan fingerprint density at radius 3 is 2.37 bits per heavy atom. The zero-order valence-corrected chi connectivity index (χ0v) is 17.3. The zero-order chi connectivity index (χ0) is 21.6. The Kier molecular flexibility index (Phi) is 7.53. The number of halogens is 3. The van der Waals surface area contributed by atoms with Gasteiger partial charge in [0.2, 0.25) is 5.91 Å². The summed E-state index contributed by atoms with van der Waals surface area (Å²) in [4.78, 5) is 26.6. The number of nitrogens with zero attached hydrogens (tertiary/aromatic N) is 1. The largest absolute Gasteiger partial charge is 0.471 e. The molecule has 162 valence electrons. The van der Waals surface area contributed by atoms with E-state index in [9.17, 15) is 22.8 Å². The molecular formula is C22H25F3N2O2S. The van der Waals surface area contributed by atoms with Crippen LogP contribution in [0.4, 0.5) is 13.2 Å². The molecule has 1 saturated carbocycles. The molecule has 1 heterocycles. The fourth-order valence-corrected chi connectivity index (χ4v) is 4.64. The first-order valence-corrected chi connectivity index (χ1v) is 11.0. The van der Waals surface area contributed by atoms with E-state index in [-0.39, 0.29) is 19.0 Å². The molecule has 0 radical (unpaired) electrons. The van der Waals surface area contributed by atoms with Gasteiger partial charge in [-0.05, 0) is 36.3 Å². The maximum absolute atomic E-state index is 13.4. The summed E-state index contributed by atoms with van der Waals surface area (Å²) in [6.45, 7) is -0.205. The Balaban J connectivity index is 1.87. The van der Waals surface area contributed by atoms with Crippen LogP contribution in [0.2, 0.25) is 0 Å². The number of amides is 2. The van der Waals surface area contributed by atoms with Crippen molar-refractivity contribution in [2.24, 2.45) is 0 Å². The molecule has 3 rings (SSSR count). The molecule has 30 heavy (non-hydrogen) atoms. The fourth-order valence-electron chi connectivity index (χ4n) is 3.80. The molecule has 0 aliphatic heterocycles. The van der Waals surface area contributed by atoms with Crippen LogP contribution in [0.1, 0.15) is 48.6 Å². The van der Waals surface area contributed by atoms with Crippen molar-refractivity contribution in [2.45, 2.75) is 56.8 Å². The lowest BCUT2D eigenvalue weighted by molar-refractivity contribution is -0.188. The van der Waals surface area contributed by atoms with Crippen LogP contribution in [0.5, 0.6) is 0 Å². The first-order chi connectivity index (χ1) is 14.4. The number of carbonyl (C=O) groups excluding carboxylic acids is 2. The van der Waals surface area contributed by atoms with E-state index < -0.39 is 24.0 Å². The van der Waals surface area contributed by atoms with E-state index in [1.54, 1.807) is 41.8 Å². The Hall–Kier alpha value is -2.35. The van der Waals surface area contributed by atoms with Gasteiger partial charge in [-0.1, -0.05) is 55.7 Å². The number of nitrogens with one attached hydrogen (secondary N) is 1. The van der Waals surface area contributed by atoms with Crippen LogP contribution in [-0.4, -0.2) is 35.5 Å². The predicted molar refractivity (Wildman–Crippen MR) is 110 cm³/mol. The van der Waals surface area contributed by atoms with Crippen LogP contribution in [-0.2, 0) is 16.0 Å². The molecule has 1 aliphatic carbocycles. The normalized spacial score (nSPS) is 16.1. The molecule has 1 atom stereocenters. The Bertz CT molecular complexity index is 819. The van der Waals surface area contributed by atoms with Crippen molar-refractivity contribution >= 4 is 23.2 Å². The molecule has 1 aromatic carbocycles. The first kappa shape index (κ1) is 22.3. The van der Waals surface area contributed by atoms with Crippen molar-refractivity contribution in [3.05, 3.63) is 58.3 Å². The van der Waals surface area contributed by atoms with Crippen molar-refractivity contribution in [2.75, 3.05) is 6.54 Å². The molecule has 0 spiro atoms. The second kappa shape index (κ2) is 10.1. The summed E-state index contributed by atoms with van der Waals surface area (Å²) in [5.41, 5.74) is 0.801. The summed E-state index contributed by atoms with van der Waals surface area (Å²) in [6.07, 6.45) is -0.170. The van der Waals surface area contributed by atoms with E-state index in [0.29, 0.717) is 9.78 Å². The van der Waals surface area contributed by atoms with Crippen molar-refractivity contribution < 1.29 is 22.8 Å².